The molecular formula is C20H24N2O6. The molecule has 0 unspecified atom stereocenters. The first-order valence-electron chi connectivity index (χ1n) is 8.60. The molecule has 0 aliphatic rings. The average Bonchev–Trinajstić information content (AvgIpc) is 2.68. The number of benzene rings is 2. The first kappa shape index (κ1) is 22.8. The van der Waals surface area contributed by atoms with Crippen LogP contribution in [-0.2, 0) is 16.0 Å². The summed E-state index contributed by atoms with van der Waals surface area (Å²) in [6, 6.07) is 14.4. The smallest absolute Gasteiger partial charge is 0.335 e. The van der Waals surface area contributed by atoms with Crippen LogP contribution in [0.5, 0.6) is 5.75 Å². The molecule has 0 saturated carbocycles. The number of ether oxygens (including phenoxy) is 1. The van der Waals surface area contributed by atoms with Crippen molar-refractivity contribution in [3.05, 3.63) is 65.7 Å². The number of aromatic carboxylic acids is 1. The second-order valence-electron chi connectivity index (χ2n) is 5.81. The molecule has 2 aromatic carbocycles. The monoisotopic (exact) mass is 388 g/mol. The molecule has 0 aliphatic heterocycles. The second kappa shape index (κ2) is 12.2. The van der Waals surface area contributed by atoms with Crippen LogP contribution in [0, 0.1) is 0 Å². The molecule has 0 heterocycles. The number of esters is 1. The zero-order valence-corrected chi connectivity index (χ0v) is 15.3. The molecule has 0 aromatic heterocycles. The van der Waals surface area contributed by atoms with E-state index >= 15 is 0 Å². The third-order valence-corrected chi connectivity index (χ3v) is 3.57. The summed E-state index contributed by atoms with van der Waals surface area (Å²) >= 11 is 0. The Morgan fingerprint density at radius 1 is 0.964 bits per heavy atom. The van der Waals surface area contributed by atoms with Gasteiger partial charge in [-0.15, -0.1) is 0 Å². The van der Waals surface area contributed by atoms with Crippen molar-refractivity contribution < 1.29 is 29.3 Å². The minimum Gasteiger partial charge on any atom is -0.481 e. The molecule has 0 aliphatic carbocycles. The molecule has 8 nitrogen and oxygen atoms in total. The fourth-order valence-electron chi connectivity index (χ4n) is 2.07. The Hall–Kier alpha value is -3.23. The number of carbonyl (C=O) groups excluding carboxylic acids is 1. The Kier molecular flexibility index (Phi) is 9.95. The molecule has 0 amide bonds. The Morgan fingerprint density at radius 2 is 1.57 bits per heavy atom. The lowest BCUT2D eigenvalue weighted by atomic mass is 10.2. The minimum absolute atomic E-state index is 0.0264. The maximum absolute atomic E-state index is 11.5. The predicted octanol–water partition coefficient (Wildman–Crippen LogP) is 1.67. The first-order valence-corrected chi connectivity index (χ1v) is 8.60. The van der Waals surface area contributed by atoms with Gasteiger partial charge in [0.1, 0.15) is 11.8 Å². The fraction of sp³-hybridized carbons (Fsp3) is 0.250. The molecule has 0 radical (unpaired) electrons. The molecule has 0 fully saturated rings. The number of carboxylic acids is 2. The largest absolute Gasteiger partial charge is 0.481 e. The van der Waals surface area contributed by atoms with Gasteiger partial charge in [-0.05, 0) is 49.2 Å². The summed E-state index contributed by atoms with van der Waals surface area (Å²) in [5.41, 5.74) is 12.2. The van der Waals surface area contributed by atoms with E-state index in [-0.39, 0.29) is 24.2 Å². The van der Waals surface area contributed by atoms with E-state index in [1.54, 1.807) is 0 Å². The average molecular weight is 388 g/mol. The van der Waals surface area contributed by atoms with Crippen molar-refractivity contribution in [1.29, 1.82) is 0 Å². The highest BCUT2D eigenvalue weighted by molar-refractivity contribution is 5.87. The summed E-state index contributed by atoms with van der Waals surface area (Å²) in [5, 5.41) is 17.1. The first-order chi connectivity index (χ1) is 13.3. The number of hydrogen-bond acceptors (Lipinski definition) is 6. The van der Waals surface area contributed by atoms with Crippen molar-refractivity contribution in [3.8, 4) is 5.75 Å². The van der Waals surface area contributed by atoms with E-state index in [0.29, 0.717) is 0 Å². The van der Waals surface area contributed by atoms with Gasteiger partial charge in [0.15, 0.2) is 0 Å². The minimum atomic E-state index is -1.09. The van der Waals surface area contributed by atoms with Gasteiger partial charge in [0, 0.05) is 6.42 Å². The lowest BCUT2D eigenvalue weighted by molar-refractivity contribution is -0.138. The number of carbonyl (C=O) groups is 3. The maximum atomic E-state index is 11.5. The van der Waals surface area contributed by atoms with Crippen molar-refractivity contribution in [2.75, 3.05) is 6.54 Å². The summed E-state index contributed by atoms with van der Waals surface area (Å²) in [5.74, 6) is -2.74. The van der Waals surface area contributed by atoms with Crippen LogP contribution >= 0.6 is 0 Å². The SMILES string of the molecule is NCCc1ccccc1.N[C@@H](CCC(=O)O)C(=O)Oc1ccc(C(=O)O)cc1. The summed E-state index contributed by atoms with van der Waals surface area (Å²) in [6.07, 6.45) is 0.733. The Bertz CT molecular complexity index is 762. The highest BCUT2D eigenvalue weighted by Gasteiger charge is 2.17. The standard InChI is InChI=1S/C12H13NO6.C8H11N/c13-9(5-6-10(14)15)12(18)19-8-3-1-7(2-4-8)11(16)17;9-7-6-8-4-2-1-3-5-8/h1-4,9H,5-6,13H2,(H,14,15)(H,16,17);1-5H,6-7,9H2/t9-;/m0./s1. The number of aliphatic carboxylic acids is 1. The molecule has 0 saturated heterocycles. The van der Waals surface area contributed by atoms with Crippen molar-refractivity contribution in [1.82, 2.24) is 0 Å². The fourth-order valence-corrected chi connectivity index (χ4v) is 2.07. The molecule has 1 atom stereocenters. The van der Waals surface area contributed by atoms with Gasteiger partial charge in [-0.2, -0.15) is 0 Å². The van der Waals surface area contributed by atoms with E-state index in [4.69, 9.17) is 26.4 Å². The lowest BCUT2D eigenvalue weighted by Crippen LogP contribution is -2.34. The summed E-state index contributed by atoms with van der Waals surface area (Å²) in [7, 11) is 0. The Balaban J connectivity index is 0.000000362. The van der Waals surface area contributed by atoms with Crippen molar-refractivity contribution in [3.63, 3.8) is 0 Å². The van der Waals surface area contributed by atoms with Crippen LogP contribution in [0.2, 0.25) is 0 Å². The van der Waals surface area contributed by atoms with Crippen molar-refractivity contribution >= 4 is 17.9 Å². The third kappa shape index (κ3) is 8.93. The Morgan fingerprint density at radius 3 is 2.07 bits per heavy atom. The van der Waals surface area contributed by atoms with Gasteiger partial charge in [-0.3, -0.25) is 4.79 Å². The molecule has 28 heavy (non-hydrogen) atoms. The third-order valence-electron chi connectivity index (χ3n) is 3.57. The summed E-state index contributed by atoms with van der Waals surface area (Å²) in [4.78, 5) is 32.4. The predicted molar refractivity (Wildman–Crippen MR) is 103 cm³/mol. The van der Waals surface area contributed by atoms with Gasteiger partial charge in [-0.25, -0.2) is 9.59 Å². The van der Waals surface area contributed by atoms with E-state index in [2.05, 4.69) is 12.1 Å². The van der Waals surface area contributed by atoms with Crippen LogP contribution in [-0.4, -0.2) is 40.7 Å². The van der Waals surface area contributed by atoms with E-state index in [0.717, 1.165) is 13.0 Å². The molecule has 2 aromatic rings. The summed E-state index contributed by atoms with van der Waals surface area (Å²) < 4.78 is 4.89. The molecule has 150 valence electrons. The van der Waals surface area contributed by atoms with Gasteiger partial charge in [-0.1, -0.05) is 30.3 Å². The molecule has 0 bridgehead atoms. The normalized spacial score (nSPS) is 10.9. The molecular weight excluding hydrogens is 364 g/mol. The zero-order valence-electron chi connectivity index (χ0n) is 15.3. The zero-order chi connectivity index (χ0) is 20.9. The highest BCUT2D eigenvalue weighted by Crippen LogP contribution is 2.13. The topological polar surface area (TPSA) is 153 Å². The van der Waals surface area contributed by atoms with Gasteiger partial charge in [0.2, 0.25) is 0 Å². The van der Waals surface area contributed by atoms with Gasteiger partial charge in [0.05, 0.1) is 5.56 Å². The van der Waals surface area contributed by atoms with Crippen molar-refractivity contribution in [2.45, 2.75) is 25.3 Å². The van der Waals surface area contributed by atoms with Crippen molar-refractivity contribution in [2.24, 2.45) is 11.5 Å². The quantitative estimate of drug-likeness (QED) is 0.393. The Labute approximate surface area is 162 Å². The van der Waals surface area contributed by atoms with E-state index in [9.17, 15) is 14.4 Å². The highest BCUT2D eigenvalue weighted by atomic mass is 16.5. The van der Waals surface area contributed by atoms with Crippen LogP contribution in [0.25, 0.3) is 0 Å². The van der Waals surface area contributed by atoms with Crippen LogP contribution in [0.4, 0.5) is 0 Å². The van der Waals surface area contributed by atoms with Crippen LogP contribution in [0.1, 0.15) is 28.8 Å². The van der Waals surface area contributed by atoms with Crippen LogP contribution < -0.4 is 16.2 Å². The number of rotatable bonds is 8. The second-order valence-corrected chi connectivity index (χ2v) is 5.81. The molecule has 6 N–H and O–H groups in total. The number of carboxylic acid groups (broad SMARTS) is 2. The van der Waals surface area contributed by atoms with Crippen LogP contribution in [0.15, 0.2) is 54.6 Å². The van der Waals surface area contributed by atoms with E-state index < -0.39 is 23.9 Å². The van der Waals surface area contributed by atoms with Gasteiger partial charge in [0.25, 0.3) is 0 Å². The number of hydrogen-bond donors (Lipinski definition) is 4. The van der Waals surface area contributed by atoms with Crippen LogP contribution in [0.3, 0.4) is 0 Å². The summed E-state index contributed by atoms with van der Waals surface area (Å²) in [6.45, 7) is 0.740. The van der Waals surface area contributed by atoms with Gasteiger partial charge >= 0.3 is 17.9 Å². The lowest BCUT2D eigenvalue weighted by Gasteiger charge is -2.10. The molecule has 0 spiro atoms. The van der Waals surface area contributed by atoms with E-state index in [1.807, 2.05) is 18.2 Å². The molecule has 8 heteroatoms. The number of nitrogens with two attached hydrogens (primary N) is 2. The van der Waals surface area contributed by atoms with Gasteiger partial charge < -0.3 is 26.4 Å². The molecule has 2 rings (SSSR count). The van der Waals surface area contributed by atoms with E-state index in [1.165, 1.54) is 29.8 Å². The maximum Gasteiger partial charge on any atom is 0.335 e.